The van der Waals surface area contributed by atoms with Crippen LogP contribution in [-0.4, -0.2) is 23.1 Å². The molecule has 0 aliphatic rings. The molecule has 0 bridgehead atoms. The van der Waals surface area contributed by atoms with Crippen LogP contribution in [0, 0.1) is 0 Å². The predicted octanol–water partition coefficient (Wildman–Crippen LogP) is 2.46. The van der Waals surface area contributed by atoms with E-state index in [4.69, 9.17) is 4.74 Å². The molecule has 5 heteroatoms. The normalized spacial score (nSPS) is 9.93. The molecular formula is C9H14BrN3O. The minimum Gasteiger partial charge on any atom is -0.477 e. The Morgan fingerprint density at radius 2 is 2.21 bits per heavy atom. The summed E-state index contributed by atoms with van der Waals surface area (Å²) in [6, 6.07) is 0. The first kappa shape index (κ1) is 11.2. The van der Waals surface area contributed by atoms with Gasteiger partial charge in [0.15, 0.2) is 0 Å². The summed E-state index contributed by atoms with van der Waals surface area (Å²) in [5.74, 6) is 1.37. The molecule has 1 aromatic rings. The summed E-state index contributed by atoms with van der Waals surface area (Å²) in [6.07, 6.45) is 2.46. The van der Waals surface area contributed by atoms with Crippen LogP contribution in [0.15, 0.2) is 10.8 Å². The summed E-state index contributed by atoms with van der Waals surface area (Å²) in [5.41, 5.74) is 0. The van der Waals surface area contributed by atoms with Gasteiger partial charge in [0.1, 0.15) is 16.6 Å². The monoisotopic (exact) mass is 259 g/mol. The number of halogens is 1. The second-order valence-electron chi connectivity index (χ2n) is 2.72. The molecule has 1 heterocycles. The van der Waals surface area contributed by atoms with Crippen LogP contribution in [0.5, 0.6) is 5.88 Å². The van der Waals surface area contributed by atoms with Crippen molar-refractivity contribution in [3.63, 3.8) is 0 Å². The topological polar surface area (TPSA) is 47.0 Å². The van der Waals surface area contributed by atoms with E-state index >= 15 is 0 Å². The first-order chi connectivity index (χ1) is 6.79. The fourth-order valence-electron chi connectivity index (χ4n) is 0.944. The van der Waals surface area contributed by atoms with Crippen molar-refractivity contribution in [2.45, 2.75) is 20.3 Å². The molecule has 1 rings (SSSR count). The van der Waals surface area contributed by atoms with Crippen molar-refractivity contribution in [3.05, 3.63) is 10.8 Å². The molecule has 0 aliphatic heterocycles. The van der Waals surface area contributed by atoms with E-state index < -0.39 is 0 Å². The smallest absolute Gasteiger partial charge is 0.233 e. The average Bonchev–Trinajstić information content (AvgIpc) is 2.20. The number of hydrogen-bond donors (Lipinski definition) is 1. The summed E-state index contributed by atoms with van der Waals surface area (Å²) in [6.45, 7) is 5.56. The molecule has 1 N–H and O–H groups in total. The van der Waals surface area contributed by atoms with E-state index in [2.05, 4.69) is 38.1 Å². The Bertz CT molecular complexity index is 293. The number of nitrogens with zero attached hydrogens (tertiary/aromatic N) is 2. The highest BCUT2D eigenvalue weighted by molar-refractivity contribution is 9.10. The number of ether oxygens (including phenoxy) is 1. The molecule has 0 atom stereocenters. The third-order valence-electron chi connectivity index (χ3n) is 1.54. The molecule has 14 heavy (non-hydrogen) atoms. The fraction of sp³-hybridized carbons (Fsp3) is 0.556. The number of hydrogen-bond acceptors (Lipinski definition) is 4. The first-order valence-electron chi connectivity index (χ1n) is 4.66. The van der Waals surface area contributed by atoms with Crippen LogP contribution in [0.3, 0.4) is 0 Å². The molecule has 0 saturated carbocycles. The maximum atomic E-state index is 5.43. The lowest BCUT2D eigenvalue weighted by Gasteiger charge is -2.09. The average molecular weight is 260 g/mol. The molecule has 0 saturated heterocycles. The number of anilines is 1. The van der Waals surface area contributed by atoms with Gasteiger partial charge in [-0.2, -0.15) is 0 Å². The van der Waals surface area contributed by atoms with E-state index in [0.29, 0.717) is 12.5 Å². The van der Waals surface area contributed by atoms with Crippen molar-refractivity contribution in [2.24, 2.45) is 0 Å². The fourth-order valence-corrected chi connectivity index (χ4v) is 1.40. The van der Waals surface area contributed by atoms with Crippen molar-refractivity contribution < 1.29 is 4.74 Å². The van der Waals surface area contributed by atoms with Gasteiger partial charge in [-0.3, -0.25) is 0 Å². The van der Waals surface area contributed by atoms with Crippen molar-refractivity contribution in [3.8, 4) is 5.88 Å². The van der Waals surface area contributed by atoms with Crippen molar-refractivity contribution in [2.75, 3.05) is 18.5 Å². The van der Waals surface area contributed by atoms with E-state index in [0.717, 1.165) is 23.3 Å². The van der Waals surface area contributed by atoms with Gasteiger partial charge in [-0.05, 0) is 29.3 Å². The van der Waals surface area contributed by atoms with Crippen LogP contribution in [0.25, 0.3) is 0 Å². The van der Waals surface area contributed by atoms with Crippen LogP contribution >= 0.6 is 15.9 Å². The highest BCUT2D eigenvalue weighted by Crippen LogP contribution is 2.28. The zero-order valence-corrected chi connectivity index (χ0v) is 9.97. The van der Waals surface area contributed by atoms with E-state index in [-0.39, 0.29) is 0 Å². The van der Waals surface area contributed by atoms with Gasteiger partial charge in [0.2, 0.25) is 5.88 Å². The molecule has 1 aromatic heterocycles. The van der Waals surface area contributed by atoms with Gasteiger partial charge in [0.05, 0.1) is 6.61 Å². The number of aromatic nitrogens is 2. The van der Waals surface area contributed by atoms with Gasteiger partial charge in [-0.25, -0.2) is 9.97 Å². The maximum absolute atomic E-state index is 5.43. The van der Waals surface area contributed by atoms with Crippen molar-refractivity contribution in [1.82, 2.24) is 9.97 Å². The standard InChI is InChI=1S/C9H14BrN3O/c1-3-5-14-9-7(10)8(11-4-2)12-6-13-9/h6H,3-5H2,1-2H3,(H,11,12,13). The molecule has 78 valence electrons. The van der Waals surface area contributed by atoms with Gasteiger partial charge in [0, 0.05) is 6.54 Å². The summed E-state index contributed by atoms with van der Waals surface area (Å²) < 4.78 is 6.22. The third kappa shape index (κ3) is 2.83. The SMILES string of the molecule is CCCOc1ncnc(NCC)c1Br. The van der Waals surface area contributed by atoms with Gasteiger partial charge < -0.3 is 10.1 Å². The van der Waals surface area contributed by atoms with Gasteiger partial charge in [-0.1, -0.05) is 6.92 Å². The lowest BCUT2D eigenvalue weighted by atomic mass is 10.5. The van der Waals surface area contributed by atoms with E-state index in [1.165, 1.54) is 6.33 Å². The zero-order valence-electron chi connectivity index (χ0n) is 8.38. The largest absolute Gasteiger partial charge is 0.477 e. The molecule has 0 unspecified atom stereocenters. The maximum Gasteiger partial charge on any atom is 0.233 e. The van der Waals surface area contributed by atoms with E-state index in [1.54, 1.807) is 0 Å². The molecule has 0 aliphatic carbocycles. The molecule has 0 aromatic carbocycles. The minimum atomic E-state index is 0.595. The Kier molecular flexibility index (Phi) is 4.65. The molecule has 0 fully saturated rings. The van der Waals surface area contributed by atoms with Gasteiger partial charge in [0.25, 0.3) is 0 Å². The molecule has 0 spiro atoms. The molecular weight excluding hydrogens is 246 g/mol. The van der Waals surface area contributed by atoms with Crippen LogP contribution in [0.4, 0.5) is 5.82 Å². The summed E-state index contributed by atoms with van der Waals surface area (Å²) in [5, 5.41) is 3.11. The first-order valence-corrected chi connectivity index (χ1v) is 5.46. The lowest BCUT2D eigenvalue weighted by molar-refractivity contribution is 0.303. The predicted molar refractivity (Wildman–Crippen MR) is 59.7 cm³/mol. The van der Waals surface area contributed by atoms with Gasteiger partial charge >= 0.3 is 0 Å². The zero-order chi connectivity index (χ0) is 10.4. The summed E-state index contributed by atoms with van der Waals surface area (Å²) in [7, 11) is 0. The molecule has 0 radical (unpaired) electrons. The van der Waals surface area contributed by atoms with Crippen LogP contribution in [0.1, 0.15) is 20.3 Å². The van der Waals surface area contributed by atoms with Crippen LogP contribution in [-0.2, 0) is 0 Å². The van der Waals surface area contributed by atoms with Crippen molar-refractivity contribution >= 4 is 21.7 Å². The lowest BCUT2D eigenvalue weighted by Crippen LogP contribution is -2.04. The summed E-state index contributed by atoms with van der Waals surface area (Å²) >= 11 is 3.40. The number of rotatable bonds is 5. The van der Waals surface area contributed by atoms with Crippen molar-refractivity contribution in [1.29, 1.82) is 0 Å². The van der Waals surface area contributed by atoms with E-state index in [1.807, 2.05) is 6.92 Å². The Morgan fingerprint density at radius 1 is 1.43 bits per heavy atom. The Labute approximate surface area is 92.2 Å². The second-order valence-corrected chi connectivity index (χ2v) is 3.51. The van der Waals surface area contributed by atoms with Gasteiger partial charge in [-0.15, -0.1) is 0 Å². The second kappa shape index (κ2) is 5.80. The highest BCUT2D eigenvalue weighted by atomic mass is 79.9. The Morgan fingerprint density at radius 3 is 2.86 bits per heavy atom. The molecule has 4 nitrogen and oxygen atoms in total. The third-order valence-corrected chi connectivity index (χ3v) is 2.26. The van der Waals surface area contributed by atoms with E-state index in [9.17, 15) is 0 Å². The van der Waals surface area contributed by atoms with Crippen LogP contribution in [0.2, 0.25) is 0 Å². The highest BCUT2D eigenvalue weighted by Gasteiger charge is 2.08. The Hall–Kier alpha value is -0.840. The molecule has 0 amide bonds. The van der Waals surface area contributed by atoms with Crippen LogP contribution < -0.4 is 10.1 Å². The quantitative estimate of drug-likeness (QED) is 0.883. The minimum absolute atomic E-state index is 0.595. The number of nitrogens with one attached hydrogen (secondary N) is 1. The summed E-state index contributed by atoms with van der Waals surface area (Å²) in [4.78, 5) is 8.13. The Balaban J connectivity index is 2.78.